The Morgan fingerprint density at radius 3 is 2.50 bits per heavy atom. The molecule has 1 aromatic heterocycles. The number of urea groups is 1. The number of benzene rings is 1. The fourth-order valence-electron chi connectivity index (χ4n) is 3.32. The lowest BCUT2D eigenvalue weighted by molar-refractivity contribution is 0.146. The van der Waals surface area contributed by atoms with Crippen molar-refractivity contribution in [2.24, 2.45) is 11.8 Å². The van der Waals surface area contributed by atoms with Gasteiger partial charge in [-0.3, -0.25) is 0 Å². The Kier molecular flexibility index (Phi) is 5.71. The molecule has 1 saturated heterocycles. The molecule has 2 atom stereocenters. The van der Waals surface area contributed by atoms with Crippen molar-refractivity contribution >= 4 is 6.03 Å². The van der Waals surface area contributed by atoms with E-state index in [2.05, 4.69) is 24.1 Å². The van der Waals surface area contributed by atoms with Gasteiger partial charge in [0.25, 0.3) is 0 Å². The molecule has 2 heterocycles. The number of amides is 2. The summed E-state index contributed by atoms with van der Waals surface area (Å²) in [4.78, 5) is 18.5. The molecule has 3 rings (SSSR count). The van der Waals surface area contributed by atoms with E-state index in [1.165, 1.54) is 18.6 Å². The molecule has 0 bridgehead atoms. The molecule has 1 fully saturated rings. The average molecular weight is 357 g/mol. The van der Waals surface area contributed by atoms with E-state index in [9.17, 15) is 9.18 Å². The minimum absolute atomic E-state index is 0.0324. The molecule has 1 aliphatic rings. The second-order valence-electron chi connectivity index (χ2n) is 7.07. The summed E-state index contributed by atoms with van der Waals surface area (Å²) in [5.74, 6) is 1.70. The van der Waals surface area contributed by atoms with Crippen molar-refractivity contribution in [1.82, 2.24) is 15.2 Å². The Morgan fingerprint density at radius 2 is 1.88 bits per heavy atom. The number of likely N-dealkylation sites (tertiary alicyclic amines) is 1. The van der Waals surface area contributed by atoms with E-state index in [1.54, 1.807) is 24.4 Å². The maximum Gasteiger partial charge on any atom is 0.317 e. The molecule has 5 nitrogen and oxygen atoms in total. The van der Waals surface area contributed by atoms with Crippen LogP contribution in [0.25, 0.3) is 0 Å². The highest BCUT2D eigenvalue weighted by Crippen LogP contribution is 2.21. The topological polar surface area (TPSA) is 54.5 Å². The van der Waals surface area contributed by atoms with Crippen molar-refractivity contribution in [3.05, 3.63) is 54.0 Å². The molecular weight excluding hydrogens is 333 g/mol. The lowest BCUT2D eigenvalue weighted by Gasteiger charge is -2.34. The van der Waals surface area contributed by atoms with Crippen LogP contribution in [0.1, 0.15) is 25.8 Å². The Morgan fingerprint density at radius 1 is 1.19 bits per heavy atom. The highest BCUT2D eigenvalue weighted by atomic mass is 19.1. The Balaban J connectivity index is 1.51. The number of carbonyl (C=O) groups excluding carboxylic acids is 1. The fraction of sp³-hybridized carbons (Fsp3) is 0.400. The van der Waals surface area contributed by atoms with E-state index in [-0.39, 0.29) is 11.8 Å². The van der Waals surface area contributed by atoms with Crippen LogP contribution in [0.15, 0.2) is 42.6 Å². The number of rotatable bonds is 4. The number of ether oxygens (including phenoxy) is 1. The van der Waals surface area contributed by atoms with Gasteiger partial charge in [-0.05, 0) is 48.1 Å². The summed E-state index contributed by atoms with van der Waals surface area (Å²) < 4.78 is 18.5. The number of nitrogens with one attached hydrogen (secondary N) is 1. The Bertz CT molecular complexity index is 724. The van der Waals surface area contributed by atoms with Crippen LogP contribution >= 0.6 is 0 Å². The first-order valence-electron chi connectivity index (χ1n) is 8.90. The van der Waals surface area contributed by atoms with Gasteiger partial charge in [0.15, 0.2) is 0 Å². The zero-order chi connectivity index (χ0) is 18.5. The first-order chi connectivity index (χ1) is 12.5. The zero-order valence-corrected chi connectivity index (χ0v) is 15.1. The van der Waals surface area contributed by atoms with Crippen molar-refractivity contribution in [2.45, 2.75) is 26.8 Å². The van der Waals surface area contributed by atoms with Crippen LogP contribution in [-0.2, 0) is 6.54 Å². The van der Waals surface area contributed by atoms with Gasteiger partial charge in [0.1, 0.15) is 11.6 Å². The number of halogens is 1. The van der Waals surface area contributed by atoms with E-state index in [1.807, 2.05) is 11.0 Å². The van der Waals surface area contributed by atoms with Crippen LogP contribution in [0.5, 0.6) is 11.6 Å². The summed E-state index contributed by atoms with van der Waals surface area (Å²) in [5, 5.41) is 2.95. The predicted molar refractivity (Wildman–Crippen MR) is 97.5 cm³/mol. The molecule has 0 radical (unpaired) electrons. The van der Waals surface area contributed by atoms with E-state index >= 15 is 0 Å². The van der Waals surface area contributed by atoms with Crippen LogP contribution in [0, 0.1) is 17.7 Å². The minimum Gasteiger partial charge on any atom is -0.439 e. The van der Waals surface area contributed by atoms with Crippen molar-refractivity contribution < 1.29 is 13.9 Å². The third kappa shape index (κ3) is 4.94. The standard InChI is InChI=1S/C20H24FN3O2/c1-14-9-15(2)13-24(12-14)20(25)23-11-16-3-8-19(22-10-16)26-18-6-4-17(21)5-7-18/h3-8,10,14-15H,9,11-13H2,1-2H3,(H,23,25). The molecule has 138 valence electrons. The second kappa shape index (κ2) is 8.17. The summed E-state index contributed by atoms with van der Waals surface area (Å²) in [6, 6.07) is 9.32. The second-order valence-corrected chi connectivity index (χ2v) is 7.07. The van der Waals surface area contributed by atoms with E-state index in [0.29, 0.717) is 30.0 Å². The molecule has 1 aromatic carbocycles. The van der Waals surface area contributed by atoms with Gasteiger partial charge >= 0.3 is 6.03 Å². The SMILES string of the molecule is CC1CC(C)CN(C(=O)NCc2ccc(Oc3ccc(F)cc3)nc2)C1. The fourth-order valence-corrected chi connectivity index (χ4v) is 3.32. The number of pyridine rings is 1. The molecule has 6 heteroatoms. The van der Waals surface area contributed by atoms with Gasteiger partial charge in [-0.25, -0.2) is 14.2 Å². The Hall–Kier alpha value is -2.63. The number of aromatic nitrogens is 1. The van der Waals surface area contributed by atoms with Crippen molar-refractivity contribution in [2.75, 3.05) is 13.1 Å². The molecule has 2 aromatic rings. The van der Waals surface area contributed by atoms with Crippen LogP contribution in [0.3, 0.4) is 0 Å². The quantitative estimate of drug-likeness (QED) is 0.892. The van der Waals surface area contributed by atoms with Crippen LogP contribution in [-0.4, -0.2) is 29.0 Å². The lowest BCUT2D eigenvalue weighted by atomic mass is 9.92. The van der Waals surface area contributed by atoms with Gasteiger partial charge < -0.3 is 15.0 Å². The number of hydrogen-bond donors (Lipinski definition) is 1. The maximum atomic E-state index is 12.9. The van der Waals surface area contributed by atoms with Crippen LogP contribution in [0.4, 0.5) is 9.18 Å². The molecule has 2 unspecified atom stereocenters. The smallest absolute Gasteiger partial charge is 0.317 e. The lowest BCUT2D eigenvalue weighted by Crippen LogP contribution is -2.47. The molecular formula is C20H24FN3O2. The normalized spacial score (nSPS) is 19.9. The largest absolute Gasteiger partial charge is 0.439 e. The number of piperidine rings is 1. The first-order valence-corrected chi connectivity index (χ1v) is 8.90. The van der Waals surface area contributed by atoms with E-state index < -0.39 is 0 Å². The molecule has 0 saturated carbocycles. The zero-order valence-electron chi connectivity index (χ0n) is 15.1. The number of nitrogens with zero attached hydrogens (tertiary/aromatic N) is 2. The van der Waals surface area contributed by atoms with Gasteiger partial charge in [0.05, 0.1) is 0 Å². The minimum atomic E-state index is -0.311. The third-order valence-electron chi connectivity index (χ3n) is 4.43. The van der Waals surface area contributed by atoms with Crippen molar-refractivity contribution in [3.63, 3.8) is 0 Å². The van der Waals surface area contributed by atoms with Gasteiger partial charge in [0, 0.05) is 31.9 Å². The molecule has 1 aliphatic heterocycles. The number of carbonyl (C=O) groups is 1. The summed E-state index contributed by atoms with van der Waals surface area (Å²) in [7, 11) is 0. The average Bonchev–Trinajstić information content (AvgIpc) is 2.62. The maximum absolute atomic E-state index is 12.9. The van der Waals surface area contributed by atoms with Gasteiger partial charge in [0.2, 0.25) is 5.88 Å². The molecule has 0 spiro atoms. The summed E-state index contributed by atoms with van der Waals surface area (Å²) in [6.45, 7) is 6.39. The van der Waals surface area contributed by atoms with Gasteiger partial charge in [-0.1, -0.05) is 19.9 Å². The first kappa shape index (κ1) is 18.2. The number of hydrogen-bond acceptors (Lipinski definition) is 3. The van der Waals surface area contributed by atoms with E-state index in [4.69, 9.17) is 4.74 Å². The molecule has 0 aliphatic carbocycles. The monoisotopic (exact) mass is 357 g/mol. The summed E-state index contributed by atoms with van der Waals surface area (Å²) >= 11 is 0. The predicted octanol–water partition coefficient (Wildman–Crippen LogP) is 4.20. The highest BCUT2D eigenvalue weighted by Gasteiger charge is 2.25. The third-order valence-corrected chi connectivity index (χ3v) is 4.43. The highest BCUT2D eigenvalue weighted by molar-refractivity contribution is 5.74. The summed E-state index contributed by atoms with van der Waals surface area (Å²) in [6.07, 6.45) is 2.84. The van der Waals surface area contributed by atoms with E-state index in [0.717, 1.165) is 18.7 Å². The Labute approximate surface area is 153 Å². The summed E-state index contributed by atoms with van der Waals surface area (Å²) in [5.41, 5.74) is 0.892. The molecule has 1 N–H and O–H groups in total. The van der Waals surface area contributed by atoms with Crippen LogP contribution < -0.4 is 10.1 Å². The molecule has 2 amide bonds. The molecule has 26 heavy (non-hydrogen) atoms. The van der Waals surface area contributed by atoms with Crippen LogP contribution in [0.2, 0.25) is 0 Å². The van der Waals surface area contributed by atoms with Gasteiger partial charge in [-0.2, -0.15) is 0 Å². The van der Waals surface area contributed by atoms with Crippen molar-refractivity contribution in [1.29, 1.82) is 0 Å². The van der Waals surface area contributed by atoms with Crippen molar-refractivity contribution in [3.8, 4) is 11.6 Å². The van der Waals surface area contributed by atoms with Gasteiger partial charge in [-0.15, -0.1) is 0 Å².